The molecule has 0 saturated heterocycles. The molecule has 0 spiro atoms. The molecule has 2 aromatic rings. The van der Waals surface area contributed by atoms with Crippen LogP contribution in [0.15, 0.2) is 47.7 Å². The van der Waals surface area contributed by atoms with Gasteiger partial charge >= 0.3 is 0 Å². The molecule has 0 unspecified atom stereocenters. The highest BCUT2D eigenvalue weighted by Gasteiger charge is 2.06. The predicted octanol–water partition coefficient (Wildman–Crippen LogP) is 3.48. The van der Waals surface area contributed by atoms with Crippen LogP contribution in [-0.4, -0.2) is 15.6 Å². The Hall–Kier alpha value is -2.23. The number of rotatable bonds is 3. The van der Waals surface area contributed by atoms with Gasteiger partial charge in [0.25, 0.3) is 0 Å². The monoisotopic (exact) mass is 243 g/mol. The van der Waals surface area contributed by atoms with Crippen molar-refractivity contribution in [3.63, 3.8) is 0 Å². The van der Waals surface area contributed by atoms with Crippen molar-refractivity contribution >= 4 is 17.6 Å². The number of hydrogen-bond acceptors (Lipinski definition) is 2. The largest absolute Gasteiger partial charge is 0.295 e. The molecular weight excluding hydrogens is 229 g/mol. The third-order valence-corrected chi connectivity index (χ3v) is 2.40. The molecule has 4 heteroatoms. The molecule has 0 aliphatic rings. The number of halogens is 1. The quantitative estimate of drug-likeness (QED) is 0.759. The summed E-state index contributed by atoms with van der Waals surface area (Å²) in [6.45, 7) is 7.83. The number of allylic oxidation sites excluding steroid dienone is 2. The van der Waals surface area contributed by atoms with E-state index in [1.165, 1.54) is 12.3 Å². The standard InChI is InChI=1S/C14H14FN3/c1-10(2)6-7-16-11(3)13-8-17-14-5-4-12(15)9-18(13)14/h4-9H,3H2,1-2H3. The lowest BCUT2D eigenvalue weighted by atomic mass is 10.3. The fourth-order valence-corrected chi connectivity index (χ4v) is 1.51. The van der Waals surface area contributed by atoms with Crippen molar-refractivity contribution in [2.24, 2.45) is 4.99 Å². The van der Waals surface area contributed by atoms with Gasteiger partial charge in [0.2, 0.25) is 0 Å². The van der Waals surface area contributed by atoms with E-state index in [4.69, 9.17) is 0 Å². The average molecular weight is 243 g/mol. The minimum Gasteiger partial charge on any atom is -0.295 e. The van der Waals surface area contributed by atoms with Crippen LogP contribution in [0.3, 0.4) is 0 Å². The fourth-order valence-electron chi connectivity index (χ4n) is 1.51. The molecule has 92 valence electrons. The van der Waals surface area contributed by atoms with Gasteiger partial charge in [-0.3, -0.25) is 9.39 Å². The first-order chi connectivity index (χ1) is 8.58. The maximum absolute atomic E-state index is 13.2. The van der Waals surface area contributed by atoms with E-state index in [-0.39, 0.29) is 5.82 Å². The molecule has 2 aromatic heterocycles. The summed E-state index contributed by atoms with van der Waals surface area (Å²) in [6.07, 6.45) is 6.57. The van der Waals surface area contributed by atoms with Crippen LogP contribution >= 0.6 is 0 Å². The van der Waals surface area contributed by atoms with Crippen LogP contribution < -0.4 is 0 Å². The molecule has 2 rings (SSSR count). The van der Waals surface area contributed by atoms with Gasteiger partial charge < -0.3 is 0 Å². The number of imidazole rings is 1. The van der Waals surface area contributed by atoms with Crippen LogP contribution in [0.2, 0.25) is 0 Å². The first-order valence-electron chi connectivity index (χ1n) is 5.57. The van der Waals surface area contributed by atoms with Crippen LogP contribution in [-0.2, 0) is 0 Å². The van der Waals surface area contributed by atoms with E-state index in [1.54, 1.807) is 22.9 Å². The van der Waals surface area contributed by atoms with Crippen LogP contribution in [0.4, 0.5) is 4.39 Å². The second kappa shape index (κ2) is 4.96. The minimum absolute atomic E-state index is 0.317. The van der Waals surface area contributed by atoms with E-state index in [0.717, 1.165) is 5.57 Å². The van der Waals surface area contributed by atoms with E-state index in [1.807, 2.05) is 19.9 Å². The second-order valence-corrected chi connectivity index (χ2v) is 4.19. The molecule has 18 heavy (non-hydrogen) atoms. The Morgan fingerprint density at radius 3 is 2.94 bits per heavy atom. The molecule has 0 atom stereocenters. The molecule has 3 nitrogen and oxygen atoms in total. The van der Waals surface area contributed by atoms with Gasteiger partial charge in [-0.05, 0) is 32.1 Å². The topological polar surface area (TPSA) is 29.7 Å². The molecule has 0 radical (unpaired) electrons. The van der Waals surface area contributed by atoms with Crippen molar-refractivity contribution in [3.05, 3.63) is 54.3 Å². The molecular formula is C14H14FN3. The van der Waals surface area contributed by atoms with Crippen molar-refractivity contribution in [1.29, 1.82) is 0 Å². The van der Waals surface area contributed by atoms with Gasteiger partial charge in [0, 0.05) is 12.4 Å². The molecule has 0 aliphatic heterocycles. The number of aromatic nitrogens is 2. The SMILES string of the molecule is C=C(N=CC=C(C)C)c1cnc2ccc(F)cn12. The van der Waals surface area contributed by atoms with Gasteiger partial charge in [-0.1, -0.05) is 12.2 Å². The zero-order valence-corrected chi connectivity index (χ0v) is 10.4. The Morgan fingerprint density at radius 2 is 2.22 bits per heavy atom. The summed E-state index contributed by atoms with van der Waals surface area (Å²) >= 11 is 0. The van der Waals surface area contributed by atoms with Crippen molar-refractivity contribution in [2.75, 3.05) is 0 Å². The Kier molecular flexibility index (Phi) is 3.37. The zero-order valence-electron chi connectivity index (χ0n) is 10.4. The molecule has 0 aliphatic carbocycles. The summed E-state index contributed by atoms with van der Waals surface area (Å²) in [7, 11) is 0. The summed E-state index contributed by atoms with van der Waals surface area (Å²) in [5.74, 6) is -0.317. The predicted molar refractivity (Wildman–Crippen MR) is 72.1 cm³/mol. The van der Waals surface area contributed by atoms with Crippen molar-refractivity contribution in [1.82, 2.24) is 9.38 Å². The lowest BCUT2D eigenvalue weighted by Crippen LogP contribution is -1.91. The van der Waals surface area contributed by atoms with Crippen LogP contribution in [0.25, 0.3) is 11.3 Å². The Bertz CT molecular complexity index is 646. The third-order valence-electron chi connectivity index (χ3n) is 2.40. The molecule has 0 aromatic carbocycles. The van der Waals surface area contributed by atoms with Crippen molar-refractivity contribution in [2.45, 2.75) is 13.8 Å². The van der Waals surface area contributed by atoms with Gasteiger partial charge in [0.05, 0.1) is 17.6 Å². The highest BCUT2D eigenvalue weighted by atomic mass is 19.1. The van der Waals surface area contributed by atoms with Gasteiger partial charge in [0.1, 0.15) is 11.5 Å². The van der Waals surface area contributed by atoms with E-state index in [9.17, 15) is 4.39 Å². The summed E-state index contributed by atoms with van der Waals surface area (Å²) in [4.78, 5) is 8.38. The molecule has 0 fully saturated rings. The summed E-state index contributed by atoms with van der Waals surface area (Å²) in [5, 5.41) is 0. The van der Waals surface area contributed by atoms with E-state index >= 15 is 0 Å². The molecule has 0 bridgehead atoms. The van der Waals surface area contributed by atoms with Crippen LogP contribution in [0.1, 0.15) is 19.5 Å². The summed E-state index contributed by atoms with van der Waals surface area (Å²) in [6, 6.07) is 2.99. The molecule has 2 heterocycles. The summed E-state index contributed by atoms with van der Waals surface area (Å²) < 4.78 is 14.8. The lowest BCUT2D eigenvalue weighted by Gasteiger charge is -2.00. The number of pyridine rings is 1. The number of hydrogen-bond donors (Lipinski definition) is 0. The third kappa shape index (κ3) is 2.53. The second-order valence-electron chi connectivity index (χ2n) is 4.19. The summed E-state index contributed by atoms with van der Waals surface area (Å²) in [5.41, 5.74) is 3.05. The molecule has 0 amide bonds. The number of nitrogens with zero attached hydrogens (tertiary/aromatic N) is 3. The van der Waals surface area contributed by atoms with Crippen molar-refractivity contribution in [3.8, 4) is 0 Å². The highest BCUT2D eigenvalue weighted by molar-refractivity contribution is 5.79. The number of fused-ring (bicyclic) bond motifs is 1. The minimum atomic E-state index is -0.317. The van der Waals surface area contributed by atoms with Crippen LogP contribution in [0.5, 0.6) is 0 Å². The normalized spacial score (nSPS) is 11.1. The van der Waals surface area contributed by atoms with Gasteiger partial charge in [-0.15, -0.1) is 0 Å². The fraction of sp³-hybridized carbons (Fsp3) is 0.143. The van der Waals surface area contributed by atoms with E-state index < -0.39 is 0 Å². The van der Waals surface area contributed by atoms with Crippen molar-refractivity contribution < 1.29 is 4.39 Å². The lowest BCUT2D eigenvalue weighted by molar-refractivity contribution is 0.619. The van der Waals surface area contributed by atoms with Crippen LogP contribution in [0, 0.1) is 5.82 Å². The maximum atomic E-state index is 13.2. The van der Waals surface area contributed by atoms with E-state index in [2.05, 4.69) is 16.6 Å². The average Bonchev–Trinajstić information content (AvgIpc) is 2.71. The van der Waals surface area contributed by atoms with Gasteiger partial charge in [-0.2, -0.15) is 0 Å². The van der Waals surface area contributed by atoms with Gasteiger partial charge in [-0.25, -0.2) is 9.37 Å². The van der Waals surface area contributed by atoms with Gasteiger partial charge in [0.15, 0.2) is 0 Å². The Morgan fingerprint density at radius 1 is 1.44 bits per heavy atom. The Labute approximate surface area is 105 Å². The number of aliphatic imine (C=N–C) groups is 1. The van der Waals surface area contributed by atoms with E-state index in [0.29, 0.717) is 17.0 Å². The molecule has 0 N–H and O–H groups in total. The first-order valence-corrected chi connectivity index (χ1v) is 5.57. The maximum Gasteiger partial charge on any atom is 0.139 e. The first kappa shape index (κ1) is 12.2. The molecule has 0 saturated carbocycles. The highest BCUT2D eigenvalue weighted by Crippen LogP contribution is 2.16. The smallest absolute Gasteiger partial charge is 0.139 e. The Balaban J connectivity index is 2.36. The zero-order chi connectivity index (χ0) is 13.1.